The molecule has 3 atom stereocenters. The molecule has 3 aliphatic rings. The van der Waals surface area contributed by atoms with Gasteiger partial charge in [0.1, 0.15) is 18.8 Å². The van der Waals surface area contributed by atoms with Crippen molar-refractivity contribution in [2.75, 3.05) is 19.8 Å². The highest BCUT2D eigenvalue weighted by Crippen LogP contribution is 2.51. The Labute approximate surface area is 140 Å². The molecule has 0 aromatic heterocycles. The fourth-order valence-corrected chi connectivity index (χ4v) is 3.87. The summed E-state index contributed by atoms with van der Waals surface area (Å²) >= 11 is 0. The first-order valence-corrected chi connectivity index (χ1v) is 8.45. The Kier molecular flexibility index (Phi) is 3.44. The Morgan fingerprint density at radius 3 is 2.75 bits per heavy atom. The molecule has 2 fully saturated rings. The summed E-state index contributed by atoms with van der Waals surface area (Å²) in [6.07, 6.45) is 2.04. The molecule has 0 unspecified atom stereocenters. The van der Waals surface area contributed by atoms with Crippen LogP contribution in [0.5, 0.6) is 11.5 Å². The number of carbonyl (C=O) groups is 2. The number of amides is 1. The number of likely N-dealkylation sites (tertiary alicyclic amines) is 1. The molecule has 6 heteroatoms. The second-order valence-corrected chi connectivity index (χ2v) is 7.02. The molecular formula is C18H21NO5. The van der Waals surface area contributed by atoms with Crippen molar-refractivity contribution in [1.29, 1.82) is 0 Å². The lowest BCUT2D eigenvalue weighted by Crippen LogP contribution is -2.51. The van der Waals surface area contributed by atoms with Gasteiger partial charge in [-0.3, -0.25) is 4.79 Å². The van der Waals surface area contributed by atoms with E-state index in [1.54, 1.807) is 11.8 Å². The summed E-state index contributed by atoms with van der Waals surface area (Å²) in [5.74, 6) is 0.554. The fourth-order valence-electron chi connectivity index (χ4n) is 3.87. The third kappa shape index (κ3) is 2.32. The highest BCUT2D eigenvalue weighted by Gasteiger charge is 2.53. The minimum atomic E-state index is -1.06. The average Bonchev–Trinajstić information content (AvgIpc) is 3.29. The molecule has 0 spiro atoms. The van der Waals surface area contributed by atoms with Crippen LogP contribution in [0.4, 0.5) is 0 Å². The van der Waals surface area contributed by atoms with Gasteiger partial charge in [0.15, 0.2) is 11.5 Å². The van der Waals surface area contributed by atoms with Crippen LogP contribution < -0.4 is 9.47 Å². The monoisotopic (exact) mass is 331 g/mol. The van der Waals surface area contributed by atoms with Crippen LogP contribution >= 0.6 is 0 Å². The lowest BCUT2D eigenvalue weighted by molar-refractivity contribution is -0.155. The maximum Gasteiger partial charge on any atom is 0.329 e. The van der Waals surface area contributed by atoms with Crippen molar-refractivity contribution >= 4 is 11.9 Å². The summed E-state index contributed by atoms with van der Waals surface area (Å²) in [5, 5.41) is 9.49. The number of ether oxygens (including phenoxy) is 2. The van der Waals surface area contributed by atoms with E-state index in [-0.39, 0.29) is 17.7 Å². The Hall–Kier alpha value is -2.24. The van der Waals surface area contributed by atoms with Crippen molar-refractivity contribution in [1.82, 2.24) is 4.90 Å². The molecule has 1 amide bonds. The SMILES string of the molecule is C[C@]1(C(=O)O)CCCN1C(=O)[C@@H]1C[C@H]1c1ccc2c(c1)OCCO2. The first-order chi connectivity index (χ1) is 11.5. The van der Waals surface area contributed by atoms with E-state index >= 15 is 0 Å². The lowest BCUT2D eigenvalue weighted by atomic mass is 9.98. The quantitative estimate of drug-likeness (QED) is 0.917. The molecule has 1 aromatic rings. The number of rotatable bonds is 3. The predicted octanol–water partition coefficient (Wildman–Crippen LogP) is 2.03. The van der Waals surface area contributed by atoms with Gasteiger partial charge in [-0.1, -0.05) is 6.07 Å². The van der Waals surface area contributed by atoms with Gasteiger partial charge < -0.3 is 19.5 Å². The van der Waals surface area contributed by atoms with Gasteiger partial charge in [0, 0.05) is 12.5 Å². The molecule has 24 heavy (non-hydrogen) atoms. The number of carbonyl (C=O) groups excluding carboxylic acids is 1. The Morgan fingerprint density at radius 1 is 1.25 bits per heavy atom. The second kappa shape index (κ2) is 5.40. The summed E-state index contributed by atoms with van der Waals surface area (Å²) in [6, 6.07) is 5.82. The van der Waals surface area contributed by atoms with E-state index in [1.165, 1.54) is 0 Å². The second-order valence-electron chi connectivity index (χ2n) is 7.02. The molecule has 2 aliphatic heterocycles. The zero-order chi connectivity index (χ0) is 16.9. The van der Waals surface area contributed by atoms with Crippen LogP contribution in [0.2, 0.25) is 0 Å². The number of benzene rings is 1. The number of nitrogens with zero attached hydrogens (tertiary/aromatic N) is 1. The van der Waals surface area contributed by atoms with E-state index in [1.807, 2.05) is 18.2 Å². The molecule has 0 bridgehead atoms. The van der Waals surface area contributed by atoms with Crippen molar-refractivity contribution in [3.05, 3.63) is 23.8 Å². The zero-order valence-electron chi connectivity index (χ0n) is 13.7. The fraction of sp³-hybridized carbons (Fsp3) is 0.556. The van der Waals surface area contributed by atoms with E-state index in [9.17, 15) is 14.7 Å². The summed E-state index contributed by atoms with van der Waals surface area (Å²) in [6.45, 7) is 3.28. The van der Waals surface area contributed by atoms with Gasteiger partial charge in [-0.05, 0) is 49.8 Å². The van der Waals surface area contributed by atoms with Gasteiger partial charge in [0.25, 0.3) is 0 Å². The van der Waals surface area contributed by atoms with Crippen molar-refractivity contribution in [2.24, 2.45) is 5.92 Å². The number of fused-ring (bicyclic) bond motifs is 1. The highest BCUT2D eigenvalue weighted by atomic mass is 16.6. The highest BCUT2D eigenvalue weighted by molar-refractivity contribution is 5.90. The van der Waals surface area contributed by atoms with Gasteiger partial charge >= 0.3 is 5.97 Å². The molecule has 2 heterocycles. The Bertz CT molecular complexity index is 703. The zero-order valence-corrected chi connectivity index (χ0v) is 13.7. The molecule has 1 aliphatic carbocycles. The van der Waals surface area contributed by atoms with E-state index in [4.69, 9.17) is 9.47 Å². The van der Waals surface area contributed by atoms with E-state index in [0.717, 1.165) is 29.9 Å². The van der Waals surface area contributed by atoms with Gasteiger partial charge in [-0.2, -0.15) is 0 Å². The molecule has 1 N–H and O–H groups in total. The number of carboxylic acids is 1. The lowest BCUT2D eigenvalue weighted by Gasteiger charge is -2.31. The van der Waals surface area contributed by atoms with E-state index in [0.29, 0.717) is 26.2 Å². The third-order valence-electron chi connectivity index (χ3n) is 5.47. The van der Waals surface area contributed by atoms with Crippen LogP contribution in [-0.4, -0.2) is 47.2 Å². The Balaban J connectivity index is 1.50. The summed E-state index contributed by atoms with van der Waals surface area (Å²) < 4.78 is 11.1. The Morgan fingerprint density at radius 2 is 2.00 bits per heavy atom. The predicted molar refractivity (Wildman–Crippen MR) is 85.3 cm³/mol. The van der Waals surface area contributed by atoms with Gasteiger partial charge in [0.2, 0.25) is 5.91 Å². The minimum Gasteiger partial charge on any atom is -0.486 e. The van der Waals surface area contributed by atoms with Crippen LogP contribution in [-0.2, 0) is 9.59 Å². The minimum absolute atomic E-state index is 0.0303. The van der Waals surface area contributed by atoms with E-state index < -0.39 is 11.5 Å². The van der Waals surface area contributed by atoms with Crippen molar-refractivity contribution < 1.29 is 24.2 Å². The normalized spacial score (nSPS) is 31.0. The van der Waals surface area contributed by atoms with Crippen molar-refractivity contribution in [2.45, 2.75) is 37.6 Å². The van der Waals surface area contributed by atoms with Crippen LogP contribution in [0.25, 0.3) is 0 Å². The molecule has 4 rings (SSSR count). The average molecular weight is 331 g/mol. The summed E-state index contributed by atoms with van der Waals surface area (Å²) in [7, 11) is 0. The van der Waals surface area contributed by atoms with Crippen LogP contribution in [0, 0.1) is 5.92 Å². The number of aliphatic carboxylic acids is 1. The number of carboxylic acid groups (broad SMARTS) is 1. The molecule has 1 saturated heterocycles. The molecule has 6 nitrogen and oxygen atoms in total. The molecule has 1 saturated carbocycles. The van der Waals surface area contributed by atoms with Crippen LogP contribution in [0.1, 0.15) is 37.7 Å². The first-order valence-electron chi connectivity index (χ1n) is 8.45. The largest absolute Gasteiger partial charge is 0.486 e. The molecule has 128 valence electrons. The van der Waals surface area contributed by atoms with Crippen molar-refractivity contribution in [3.8, 4) is 11.5 Å². The van der Waals surface area contributed by atoms with Crippen LogP contribution in [0.3, 0.4) is 0 Å². The molecule has 0 radical (unpaired) electrons. The first kappa shape index (κ1) is 15.3. The number of hydrogen-bond acceptors (Lipinski definition) is 4. The van der Waals surface area contributed by atoms with Gasteiger partial charge in [0.05, 0.1) is 0 Å². The molecular weight excluding hydrogens is 310 g/mol. The summed E-state index contributed by atoms with van der Waals surface area (Å²) in [5.41, 5.74) is 0.00522. The number of hydrogen-bond donors (Lipinski definition) is 1. The van der Waals surface area contributed by atoms with Crippen molar-refractivity contribution in [3.63, 3.8) is 0 Å². The van der Waals surface area contributed by atoms with E-state index in [2.05, 4.69) is 0 Å². The maximum absolute atomic E-state index is 12.8. The third-order valence-corrected chi connectivity index (χ3v) is 5.47. The standard InChI is InChI=1S/C18H21NO5/c1-18(17(21)22)5-2-6-19(18)16(20)13-10-12(13)11-3-4-14-15(9-11)24-8-7-23-14/h3-4,9,12-13H,2,5-8,10H2,1H3,(H,21,22)/t12-,13+,18+/m0/s1. The van der Waals surface area contributed by atoms with Gasteiger partial charge in [-0.15, -0.1) is 0 Å². The molecule has 1 aromatic carbocycles. The smallest absolute Gasteiger partial charge is 0.329 e. The van der Waals surface area contributed by atoms with Crippen LogP contribution in [0.15, 0.2) is 18.2 Å². The summed E-state index contributed by atoms with van der Waals surface area (Å²) in [4.78, 5) is 25.9. The van der Waals surface area contributed by atoms with Gasteiger partial charge in [-0.25, -0.2) is 4.79 Å². The maximum atomic E-state index is 12.8. The topological polar surface area (TPSA) is 76.1 Å².